The van der Waals surface area contributed by atoms with E-state index in [9.17, 15) is 18.7 Å². The highest BCUT2D eigenvalue weighted by atomic mass is 35.5. The quantitative estimate of drug-likeness (QED) is 0.830. The van der Waals surface area contributed by atoms with Crippen molar-refractivity contribution in [3.05, 3.63) is 28.8 Å². The van der Waals surface area contributed by atoms with Gasteiger partial charge in [0.25, 0.3) is 0 Å². The topological polar surface area (TPSA) is 49.4 Å². The van der Waals surface area contributed by atoms with E-state index in [-0.39, 0.29) is 16.7 Å². The minimum Gasteiger partial charge on any atom is -0.549 e. The molecule has 0 fully saturated rings. The molecule has 0 aliphatic carbocycles. The number of halogens is 3. The fourth-order valence-electron chi connectivity index (χ4n) is 1.70. The molecule has 0 N–H and O–H groups in total. The molecule has 0 spiro atoms. The molecule has 1 rings (SSSR count). The third-order valence-electron chi connectivity index (χ3n) is 2.45. The molecule has 100 valence electrons. The van der Waals surface area contributed by atoms with E-state index >= 15 is 0 Å². The molecule has 0 saturated heterocycles. The smallest absolute Gasteiger partial charge is 0.387 e. The van der Waals surface area contributed by atoms with Crippen molar-refractivity contribution in [1.29, 1.82) is 0 Å². The van der Waals surface area contributed by atoms with Crippen molar-refractivity contribution in [1.82, 2.24) is 0 Å². The van der Waals surface area contributed by atoms with E-state index in [4.69, 9.17) is 11.6 Å². The van der Waals surface area contributed by atoms with Crippen LogP contribution in [-0.2, 0) is 4.79 Å². The first-order valence-electron chi connectivity index (χ1n) is 5.28. The lowest BCUT2D eigenvalue weighted by molar-refractivity contribution is -0.309. The summed E-state index contributed by atoms with van der Waals surface area (Å²) in [7, 11) is 0. The zero-order chi connectivity index (χ0) is 13.9. The van der Waals surface area contributed by atoms with Gasteiger partial charge < -0.3 is 14.6 Å². The van der Waals surface area contributed by atoms with Gasteiger partial charge in [0.05, 0.1) is 5.02 Å². The summed E-state index contributed by atoms with van der Waals surface area (Å²) in [5, 5.41) is 11.0. The third kappa shape index (κ3) is 3.57. The van der Waals surface area contributed by atoms with E-state index in [1.165, 1.54) is 18.2 Å². The van der Waals surface area contributed by atoms with Crippen LogP contribution in [0.5, 0.6) is 5.75 Å². The Morgan fingerprint density at radius 1 is 1.39 bits per heavy atom. The lowest BCUT2D eigenvalue weighted by atomic mass is 9.88. The van der Waals surface area contributed by atoms with Crippen LogP contribution >= 0.6 is 11.6 Å². The second kappa shape index (κ2) is 6.00. The molecule has 0 bridgehead atoms. The number of carbonyl (C=O) groups is 1. The Balaban J connectivity index is 3.05. The molecule has 0 heterocycles. The maximum atomic E-state index is 12.0. The van der Waals surface area contributed by atoms with Crippen LogP contribution in [0.3, 0.4) is 0 Å². The van der Waals surface area contributed by atoms with E-state index in [1.54, 1.807) is 13.8 Å². The van der Waals surface area contributed by atoms with Crippen LogP contribution in [0, 0.1) is 5.92 Å². The van der Waals surface area contributed by atoms with Gasteiger partial charge >= 0.3 is 6.61 Å². The summed E-state index contributed by atoms with van der Waals surface area (Å²) in [6, 6.07) is 3.92. The first-order valence-corrected chi connectivity index (χ1v) is 5.65. The van der Waals surface area contributed by atoms with Crippen molar-refractivity contribution in [3.8, 4) is 5.75 Å². The van der Waals surface area contributed by atoms with Gasteiger partial charge in [0.1, 0.15) is 5.75 Å². The molecule has 18 heavy (non-hydrogen) atoms. The van der Waals surface area contributed by atoms with Gasteiger partial charge in [0.15, 0.2) is 0 Å². The van der Waals surface area contributed by atoms with E-state index < -0.39 is 18.5 Å². The van der Waals surface area contributed by atoms with Gasteiger partial charge in [0, 0.05) is 11.9 Å². The van der Waals surface area contributed by atoms with Crippen LogP contribution in [0.25, 0.3) is 0 Å². The summed E-state index contributed by atoms with van der Waals surface area (Å²) in [5.74, 6) is -2.46. The molecular formula is C12H12ClF2O3-. The zero-order valence-corrected chi connectivity index (χ0v) is 10.6. The monoisotopic (exact) mass is 277 g/mol. The molecule has 1 atom stereocenters. The maximum absolute atomic E-state index is 12.0. The molecule has 1 aromatic rings. The predicted molar refractivity (Wildman–Crippen MR) is 60.7 cm³/mol. The summed E-state index contributed by atoms with van der Waals surface area (Å²) in [4.78, 5) is 11.0. The molecule has 0 radical (unpaired) electrons. The summed E-state index contributed by atoms with van der Waals surface area (Å²) in [5.41, 5.74) is 0.400. The molecule has 0 saturated carbocycles. The fraction of sp³-hybridized carbons (Fsp3) is 0.417. The van der Waals surface area contributed by atoms with Crippen molar-refractivity contribution < 1.29 is 23.4 Å². The Bertz CT molecular complexity index is 435. The first-order chi connectivity index (χ1) is 8.32. The number of carboxylic acids is 1. The lowest BCUT2D eigenvalue weighted by Crippen LogP contribution is -2.32. The average Bonchev–Trinajstić information content (AvgIpc) is 2.20. The van der Waals surface area contributed by atoms with Crippen molar-refractivity contribution in [3.63, 3.8) is 0 Å². The molecule has 0 aliphatic heterocycles. The summed E-state index contributed by atoms with van der Waals surface area (Å²) < 4.78 is 28.2. The SMILES string of the molecule is CC(C)C(C(=O)[O-])c1ccc(OC(F)F)c(Cl)c1. The van der Waals surface area contributed by atoms with Crippen LogP contribution in [0.2, 0.25) is 5.02 Å². The molecule has 1 unspecified atom stereocenters. The molecule has 3 nitrogen and oxygen atoms in total. The minimum absolute atomic E-state index is 0.0558. The summed E-state index contributed by atoms with van der Waals surface area (Å²) in [6.45, 7) is 0.464. The van der Waals surface area contributed by atoms with Crippen LogP contribution in [0.1, 0.15) is 25.3 Å². The number of hydrogen-bond donors (Lipinski definition) is 0. The van der Waals surface area contributed by atoms with Crippen LogP contribution in [-0.4, -0.2) is 12.6 Å². The van der Waals surface area contributed by atoms with Gasteiger partial charge in [0.2, 0.25) is 0 Å². The van der Waals surface area contributed by atoms with Crippen molar-refractivity contribution in [2.24, 2.45) is 5.92 Å². The second-order valence-electron chi connectivity index (χ2n) is 4.11. The van der Waals surface area contributed by atoms with Crippen LogP contribution < -0.4 is 9.84 Å². The largest absolute Gasteiger partial charge is 0.549 e. The Hall–Kier alpha value is -1.36. The number of aliphatic carboxylic acids is 1. The third-order valence-corrected chi connectivity index (χ3v) is 2.75. The van der Waals surface area contributed by atoms with Gasteiger partial charge in [-0.3, -0.25) is 0 Å². The molecule has 6 heteroatoms. The Morgan fingerprint density at radius 3 is 2.39 bits per heavy atom. The first kappa shape index (κ1) is 14.7. The molecule has 0 aromatic heterocycles. The fourth-order valence-corrected chi connectivity index (χ4v) is 1.93. The number of carbonyl (C=O) groups excluding carboxylic acids is 1. The van der Waals surface area contributed by atoms with Gasteiger partial charge in [-0.2, -0.15) is 8.78 Å². The van der Waals surface area contributed by atoms with E-state index in [0.717, 1.165) is 0 Å². The Kier molecular flexibility index (Phi) is 4.90. The zero-order valence-electron chi connectivity index (χ0n) is 9.82. The molecular weight excluding hydrogens is 266 g/mol. The second-order valence-corrected chi connectivity index (χ2v) is 4.52. The summed E-state index contributed by atoms with van der Waals surface area (Å²) in [6.07, 6.45) is 0. The van der Waals surface area contributed by atoms with E-state index in [1.807, 2.05) is 0 Å². The number of rotatable bonds is 5. The number of alkyl halides is 2. The van der Waals surface area contributed by atoms with E-state index in [0.29, 0.717) is 5.56 Å². The highest BCUT2D eigenvalue weighted by Crippen LogP contribution is 2.32. The van der Waals surface area contributed by atoms with Gasteiger partial charge in [-0.25, -0.2) is 0 Å². The standard InChI is InChI=1S/C12H13ClF2O3/c1-6(2)10(11(16)17)7-3-4-9(8(13)5-7)18-12(14)15/h3-6,10,12H,1-2H3,(H,16,17)/p-1. The highest BCUT2D eigenvalue weighted by Gasteiger charge is 2.19. The molecule has 0 amide bonds. The van der Waals surface area contributed by atoms with Gasteiger partial charge in [-0.15, -0.1) is 0 Å². The number of hydrogen-bond acceptors (Lipinski definition) is 3. The molecule has 0 aliphatic rings. The Labute approximate surface area is 108 Å². The average molecular weight is 278 g/mol. The lowest BCUT2D eigenvalue weighted by Gasteiger charge is -2.23. The minimum atomic E-state index is -2.98. The maximum Gasteiger partial charge on any atom is 0.387 e. The van der Waals surface area contributed by atoms with Crippen molar-refractivity contribution >= 4 is 17.6 Å². The van der Waals surface area contributed by atoms with E-state index in [2.05, 4.69) is 4.74 Å². The van der Waals surface area contributed by atoms with Crippen molar-refractivity contribution in [2.45, 2.75) is 26.4 Å². The summed E-state index contributed by atoms with van der Waals surface area (Å²) >= 11 is 5.76. The number of carboxylic acid groups (broad SMARTS) is 1. The van der Waals surface area contributed by atoms with Crippen LogP contribution in [0.4, 0.5) is 8.78 Å². The molecule has 1 aromatic carbocycles. The van der Waals surface area contributed by atoms with Crippen LogP contribution in [0.15, 0.2) is 18.2 Å². The van der Waals surface area contributed by atoms with Gasteiger partial charge in [-0.05, 0) is 23.6 Å². The van der Waals surface area contributed by atoms with Gasteiger partial charge in [-0.1, -0.05) is 31.5 Å². The number of benzene rings is 1. The normalized spacial score (nSPS) is 12.8. The number of ether oxygens (including phenoxy) is 1. The van der Waals surface area contributed by atoms with Crippen molar-refractivity contribution in [2.75, 3.05) is 0 Å². The Morgan fingerprint density at radius 2 is 2.00 bits per heavy atom. The highest BCUT2D eigenvalue weighted by molar-refractivity contribution is 6.32. The predicted octanol–water partition coefficient (Wildman–Crippen LogP) is 2.43.